The van der Waals surface area contributed by atoms with E-state index in [1.54, 1.807) is 0 Å². The molecule has 1 aromatic heterocycles. The Morgan fingerprint density at radius 1 is 1.00 bits per heavy atom. The molecule has 1 unspecified atom stereocenters. The molecule has 0 amide bonds. The first-order chi connectivity index (χ1) is 11.7. The van der Waals surface area contributed by atoms with E-state index in [0.717, 1.165) is 5.92 Å². The number of hydrogen-bond acceptors (Lipinski definition) is 2. The van der Waals surface area contributed by atoms with Crippen LogP contribution in [0.5, 0.6) is 0 Å². The molecule has 0 spiro atoms. The van der Waals surface area contributed by atoms with Crippen LogP contribution in [-0.2, 0) is 3.07 Å². The molecule has 1 heterocycles. The van der Waals surface area contributed by atoms with Crippen LogP contribution in [-0.4, -0.2) is 23.8 Å². The van der Waals surface area contributed by atoms with Gasteiger partial charge in [-0.2, -0.15) is 0 Å². The van der Waals surface area contributed by atoms with E-state index in [9.17, 15) is 0 Å². The third-order valence-electron chi connectivity index (χ3n) is 5.36. The number of aromatic nitrogens is 1. The Bertz CT molecular complexity index is 425. The fraction of sp³-hybridized carbons (Fsp3) is 0.762. The maximum absolute atomic E-state index is 7.20. The Hall–Kier alpha value is -0.0913. The number of unbranched alkanes of at least 4 members (excludes halogenated alkanes) is 3. The summed E-state index contributed by atoms with van der Waals surface area (Å²) in [5.41, 5.74) is 1.20. The number of nitrogens with zero attached hydrogens (tertiary/aromatic N) is 1. The SMILES string of the molecule is CCC[CH2][Sn]([CH2]CCC)([CH2]CCC)[O]C(c1ccccn1)C1CC1. The van der Waals surface area contributed by atoms with Gasteiger partial charge in [-0.25, -0.2) is 0 Å². The summed E-state index contributed by atoms with van der Waals surface area (Å²) in [6.45, 7) is 6.98. The molecule has 24 heavy (non-hydrogen) atoms. The van der Waals surface area contributed by atoms with Crippen molar-refractivity contribution in [3.63, 3.8) is 0 Å². The molecule has 1 saturated carbocycles. The second-order valence-electron chi connectivity index (χ2n) is 7.62. The molecule has 1 aliphatic rings. The van der Waals surface area contributed by atoms with E-state index in [4.69, 9.17) is 3.07 Å². The molecule has 0 bridgehead atoms. The molecule has 1 aromatic rings. The quantitative estimate of drug-likeness (QED) is 0.313. The molecule has 0 radical (unpaired) electrons. The van der Waals surface area contributed by atoms with Crippen molar-refractivity contribution in [1.29, 1.82) is 0 Å². The Labute approximate surface area is 154 Å². The zero-order valence-electron chi connectivity index (χ0n) is 16.1. The van der Waals surface area contributed by atoms with E-state index in [-0.39, 0.29) is 0 Å². The first kappa shape index (κ1) is 20.2. The van der Waals surface area contributed by atoms with Gasteiger partial charge in [0.25, 0.3) is 0 Å². The summed E-state index contributed by atoms with van der Waals surface area (Å²) in [5.74, 6) is 0.737. The van der Waals surface area contributed by atoms with Gasteiger partial charge in [-0.3, -0.25) is 0 Å². The Kier molecular flexibility index (Phi) is 9.10. The van der Waals surface area contributed by atoms with Crippen molar-refractivity contribution < 1.29 is 3.07 Å². The first-order valence-corrected chi connectivity index (χ1v) is 17.6. The van der Waals surface area contributed by atoms with Gasteiger partial charge in [-0.1, -0.05) is 0 Å². The van der Waals surface area contributed by atoms with E-state index in [1.165, 1.54) is 70.4 Å². The van der Waals surface area contributed by atoms with Crippen LogP contribution in [0.15, 0.2) is 24.4 Å². The molecule has 136 valence electrons. The molecule has 0 saturated heterocycles. The van der Waals surface area contributed by atoms with Gasteiger partial charge < -0.3 is 0 Å². The van der Waals surface area contributed by atoms with Gasteiger partial charge in [0.1, 0.15) is 0 Å². The number of pyridine rings is 1. The van der Waals surface area contributed by atoms with Gasteiger partial charge in [-0.15, -0.1) is 0 Å². The van der Waals surface area contributed by atoms with Crippen LogP contribution in [0, 0.1) is 5.92 Å². The third kappa shape index (κ3) is 6.33. The molecular weight excluding hydrogens is 401 g/mol. The maximum atomic E-state index is 7.20. The van der Waals surface area contributed by atoms with Crippen LogP contribution in [0.25, 0.3) is 0 Å². The van der Waals surface area contributed by atoms with Crippen LogP contribution in [0.3, 0.4) is 0 Å². The van der Waals surface area contributed by atoms with E-state index < -0.39 is 18.8 Å². The molecule has 1 atom stereocenters. The average molecular weight is 438 g/mol. The Balaban J connectivity index is 2.18. The summed E-state index contributed by atoms with van der Waals surface area (Å²) < 4.78 is 11.5. The topological polar surface area (TPSA) is 22.1 Å². The molecule has 0 N–H and O–H groups in total. The minimum absolute atomic E-state index is 0.299. The van der Waals surface area contributed by atoms with Crippen molar-refractivity contribution in [3.8, 4) is 0 Å². The normalized spacial score (nSPS) is 16.3. The Morgan fingerprint density at radius 3 is 2.00 bits per heavy atom. The average Bonchev–Trinajstić information content (AvgIpc) is 3.46. The summed E-state index contributed by atoms with van der Waals surface area (Å²) >= 11 is -2.55. The molecule has 3 heteroatoms. The summed E-state index contributed by atoms with van der Waals surface area (Å²) in [6.07, 6.45) is 12.9. The van der Waals surface area contributed by atoms with Crippen LogP contribution in [0.2, 0.25) is 13.3 Å². The van der Waals surface area contributed by atoms with Crippen LogP contribution < -0.4 is 0 Å². The van der Waals surface area contributed by atoms with E-state index >= 15 is 0 Å². The zero-order valence-corrected chi connectivity index (χ0v) is 19.0. The van der Waals surface area contributed by atoms with Crippen molar-refractivity contribution in [1.82, 2.24) is 4.98 Å². The van der Waals surface area contributed by atoms with Crippen molar-refractivity contribution in [3.05, 3.63) is 30.1 Å². The fourth-order valence-electron chi connectivity index (χ4n) is 3.66. The van der Waals surface area contributed by atoms with Gasteiger partial charge >= 0.3 is 154 Å². The molecular formula is C21H37NOSn. The van der Waals surface area contributed by atoms with Crippen molar-refractivity contribution in [2.75, 3.05) is 0 Å². The number of hydrogen-bond donors (Lipinski definition) is 0. The molecule has 0 aliphatic heterocycles. The second kappa shape index (κ2) is 10.8. The van der Waals surface area contributed by atoms with Gasteiger partial charge in [0.05, 0.1) is 0 Å². The molecule has 2 nitrogen and oxygen atoms in total. The van der Waals surface area contributed by atoms with Crippen LogP contribution in [0.4, 0.5) is 0 Å². The predicted molar refractivity (Wildman–Crippen MR) is 106 cm³/mol. The number of rotatable bonds is 13. The van der Waals surface area contributed by atoms with E-state index in [0.29, 0.717) is 6.10 Å². The predicted octanol–water partition coefficient (Wildman–Crippen LogP) is 6.90. The molecule has 0 aromatic carbocycles. The van der Waals surface area contributed by atoms with Gasteiger partial charge in [0.2, 0.25) is 0 Å². The van der Waals surface area contributed by atoms with Crippen LogP contribution >= 0.6 is 0 Å². The molecule has 1 fully saturated rings. The summed E-state index contributed by atoms with van der Waals surface area (Å²) in [7, 11) is 0. The summed E-state index contributed by atoms with van der Waals surface area (Å²) in [5, 5.41) is 0. The van der Waals surface area contributed by atoms with Crippen molar-refractivity contribution >= 4 is 18.8 Å². The first-order valence-electron chi connectivity index (χ1n) is 10.3. The standard InChI is InChI=1S/C9H10NO.3C4H9.Sn/c11-9(7-4-5-7)8-3-1-2-6-10-8;3*1-3-4-2;/h1-3,6-7,9H,4-5H2;3*1,3-4H2,2H3;/q-1;;;;+1. The third-order valence-corrected chi connectivity index (χ3v) is 18.3. The van der Waals surface area contributed by atoms with Gasteiger partial charge in [-0.05, 0) is 0 Å². The van der Waals surface area contributed by atoms with Crippen molar-refractivity contribution in [2.24, 2.45) is 5.92 Å². The minimum atomic E-state index is -2.55. The summed E-state index contributed by atoms with van der Waals surface area (Å²) in [4.78, 5) is 4.67. The van der Waals surface area contributed by atoms with E-state index in [2.05, 4.69) is 37.9 Å². The second-order valence-corrected chi connectivity index (χ2v) is 19.3. The van der Waals surface area contributed by atoms with Crippen LogP contribution in [0.1, 0.15) is 83.9 Å². The summed E-state index contributed by atoms with van der Waals surface area (Å²) in [6, 6.07) is 6.34. The molecule has 2 rings (SSSR count). The monoisotopic (exact) mass is 439 g/mol. The van der Waals surface area contributed by atoms with E-state index in [1.807, 2.05) is 12.3 Å². The van der Waals surface area contributed by atoms with Gasteiger partial charge in [0.15, 0.2) is 0 Å². The Morgan fingerprint density at radius 2 is 1.58 bits per heavy atom. The van der Waals surface area contributed by atoms with Crippen molar-refractivity contribution in [2.45, 2.75) is 91.6 Å². The zero-order chi connectivity index (χ0) is 17.3. The molecule has 1 aliphatic carbocycles. The fourth-order valence-corrected chi connectivity index (χ4v) is 17.8. The van der Waals surface area contributed by atoms with Gasteiger partial charge in [0, 0.05) is 0 Å².